The number of nitrogens with one attached hydrogen (secondary N) is 1. The Kier molecular flexibility index (Phi) is 6.08. The van der Waals surface area contributed by atoms with Crippen molar-refractivity contribution in [2.45, 2.75) is 13.0 Å². The highest BCUT2D eigenvalue weighted by Crippen LogP contribution is 2.22. The third-order valence-electron chi connectivity index (χ3n) is 3.97. The Bertz CT molecular complexity index is 982. The second-order valence-corrected chi connectivity index (χ2v) is 5.91. The number of nitrogens with zero attached hydrogens (tertiary/aromatic N) is 2. The molecule has 1 amide bonds. The van der Waals surface area contributed by atoms with Gasteiger partial charge in [-0.3, -0.25) is 10.1 Å². The molecule has 29 heavy (non-hydrogen) atoms. The number of anilines is 1. The lowest BCUT2D eigenvalue weighted by molar-refractivity contribution is -0.123. The van der Waals surface area contributed by atoms with Gasteiger partial charge in [0.25, 0.3) is 5.91 Å². The van der Waals surface area contributed by atoms with Gasteiger partial charge in [-0.15, -0.1) is 5.10 Å². The molecule has 0 saturated heterocycles. The van der Waals surface area contributed by atoms with Gasteiger partial charge in [0, 0.05) is 5.56 Å². The number of aromatic nitrogens is 2. The molecule has 0 fully saturated rings. The molecule has 150 valence electrons. The summed E-state index contributed by atoms with van der Waals surface area (Å²) in [6.07, 6.45) is -1.07. The van der Waals surface area contributed by atoms with E-state index in [9.17, 15) is 9.59 Å². The third kappa shape index (κ3) is 4.89. The van der Waals surface area contributed by atoms with Crippen LogP contribution >= 0.6 is 0 Å². The van der Waals surface area contributed by atoms with Crippen LogP contribution in [0.15, 0.2) is 52.9 Å². The Morgan fingerprint density at radius 3 is 2.10 bits per heavy atom. The van der Waals surface area contributed by atoms with Gasteiger partial charge in [0.05, 0.1) is 19.8 Å². The minimum Gasteiger partial charge on any atom is -0.497 e. The summed E-state index contributed by atoms with van der Waals surface area (Å²) >= 11 is 0. The lowest BCUT2D eigenvalue weighted by Gasteiger charge is -2.12. The van der Waals surface area contributed by atoms with Crippen molar-refractivity contribution in [3.05, 3.63) is 54.1 Å². The molecule has 0 aliphatic carbocycles. The van der Waals surface area contributed by atoms with E-state index < -0.39 is 18.0 Å². The van der Waals surface area contributed by atoms with Crippen LogP contribution in [0.25, 0.3) is 11.5 Å². The van der Waals surface area contributed by atoms with Gasteiger partial charge in [-0.1, -0.05) is 5.10 Å². The molecule has 3 rings (SSSR count). The maximum atomic E-state index is 12.3. The molecule has 1 N–H and O–H groups in total. The lowest BCUT2D eigenvalue weighted by Crippen LogP contribution is -2.30. The standard InChI is InChI=1S/C20H19N3O6/c1-12(28-19(25)14-6-10-16(27-3)11-7-14)17(24)21-20-23-22-18(29-20)13-4-8-15(26-2)9-5-13/h4-12H,1-3H3,(H,21,23,24). The van der Waals surface area contributed by atoms with Gasteiger partial charge in [-0.2, -0.15) is 0 Å². The molecular weight excluding hydrogens is 378 g/mol. The van der Waals surface area contributed by atoms with Gasteiger partial charge >= 0.3 is 12.0 Å². The summed E-state index contributed by atoms with van der Waals surface area (Å²) in [5.74, 6) is 0.285. The highest BCUT2D eigenvalue weighted by Gasteiger charge is 2.21. The third-order valence-corrected chi connectivity index (χ3v) is 3.97. The Balaban J connectivity index is 1.59. The first-order valence-electron chi connectivity index (χ1n) is 8.64. The molecular formula is C20H19N3O6. The summed E-state index contributed by atoms with van der Waals surface area (Å²) in [4.78, 5) is 24.4. The maximum Gasteiger partial charge on any atom is 0.338 e. The normalized spacial score (nSPS) is 11.4. The van der Waals surface area contributed by atoms with Gasteiger partial charge in [0.1, 0.15) is 11.5 Å². The molecule has 0 aliphatic rings. The van der Waals surface area contributed by atoms with Crippen molar-refractivity contribution in [2.24, 2.45) is 0 Å². The van der Waals surface area contributed by atoms with Crippen molar-refractivity contribution < 1.29 is 28.2 Å². The number of carbonyl (C=O) groups is 2. The molecule has 0 radical (unpaired) electrons. The van der Waals surface area contributed by atoms with Crippen molar-refractivity contribution in [3.8, 4) is 23.0 Å². The topological polar surface area (TPSA) is 113 Å². The predicted octanol–water partition coefficient (Wildman–Crippen LogP) is 2.94. The van der Waals surface area contributed by atoms with E-state index in [1.165, 1.54) is 14.0 Å². The van der Waals surface area contributed by atoms with Gasteiger partial charge in [0.2, 0.25) is 5.89 Å². The zero-order valence-electron chi connectivity index (χ0n) is 16.0. The quantitative estimate of drug-likeness (QED) is 0.606. The van der Waals surface area contributed by atoms with Crippen LogP contribution in [0.3, 0.4) is 0 Å². The van der Waals surface area contributed by atoms with Crippen LogP contribution in [0.5, 0.6) is 11.5 Å². The summed E-state index contributed by atoms with van der Waals surface area (Å²) < 4.78 is 20.7. The van der Waals surface area contributed by atoms with Gasteiger partial charge in [-0.25, -0.2) is 4.79 Å². The number of rotatable bonds is 7. The summed E-state index contributed by atoms with van der Waals surface area (Å²) in [6.45, 7) is 1.44. The van der Waals surface area contributed by atoms with Gasteiger partial charge in [0.15, 0.2) is 6.10 Å². The largest absolute Gasteiger partial charge is 0.497 e. The van der Waals surface area contributed by atoms with E-state index >= 15 is 0 Å². The first kappa shape index (κ1) is 19.9. The fourth-order valence-corrected chi connectivity index (χ4v) is 2.34. The molecule has 0 spiro atoms. The number of amides is 1. The van der Waals surface area contributed by atoms with Crippen molar-refractivity contribution in [1.82, 2.24) is 10.2 Å². The number of esters is 1. The van der Waals surface area contributed by atoms with Crippen LogP contribution in [0, 0.1) is 0 Å². The monoisotopic (exact) mass is 397 g/mol. The first-order valence-corrected chi connectivity index (χ1v) is 8.64. The van der Waals surface area contributed by atoms with E-state index in [2.05, 4.69) is 15.5 Å². The summed E-state index contributed by atoms with van der Waals surface area (Å²) in [6, 6.07) is 13.2. The molecule has 9 heteroatoms. The Morgan fingerprint density at radius 1 is 0.931 bits per heavy atom. The second-order valence-electron chi connectivity index (χ2n) is 5.91. The van der Waals surface area contributed by atoms with Crippen LogP contribution in [0.4, 0.5) is 6.01 Å². The Labute approximate surface area is 166 Å². The minimum absolute atomic E-state index is 0.104. The zero-order chi connectivity index (χ0) is 20.8. The average molecular weight is 397 g/mol. The number of methoxy groups -OCH3 is 2. The Hall–Kier alpha value is -3.88. The van der Waals surface area contributed by atoms with Crippen LogP contribution in [-0.4, -0.2) is 42.4 Å². The molecule has 1 unspecified atom stereocenters. The van der Waals surface area contributed by atoms with E-state index in [1.54, 1.807) is 55.6 Å². The number of carbonyl (C=O) groups excluding carboxylic acids is 2. The van der Waals surface area contributed by atoms with Crippen molar-refractivity contribution in [2.75, 3.05) is 19.5 Å². The average Bonchev–Trinajstić information content (AvgIpc) is 3.22. The van der Waals surface area contributed by atoms with E-state index in [4.69, 9.17) is 18.6 Å². The van der Waals surface area contributed by atoms with Crippen LogP contribution in [0.2, 0.25) is 0 Å². The molecule has 9 nitrogen and oxygen atoms in total. The van der Waals surface area contributed by atoms with E-state index in [0.29, 0.717) is 22.6 Å². The molecule has 0 saturated carbocycles. The molecule has 2 aromatic carbocycles. The SMILES string of the molecule is COc1ccc(C(=O)OC(C)C(=O)Nc2nnc(-c3ccc(OC)cc3)o2)cc1. The maximum absolute atomic E-state index is 12.3. The predicted molar refractivity (Wildman–Crippen MR) is 103 cm³/mol. The fraction of sp³-hybridized carbons (Fsp3) is 0.200. The Morgan fingerprint density at radius 2 is 1.52 bits per heavy atom. The van der Waals surface area contributed by atoms with Crippen molar-refractivity contribution in [3.63, 3.8) is 0 Å². The summed E-state index contributed by atoms with van der Waals surface area (Å²) in [7, 11) is 3.09. The highest BCUT2D eigenvalue weighted by molar-refractivity contribution is 5.96. The molecule has 1 heterocycles. The van der Waals surface area contributed by atoms with Gasteiger partial charge in [-0.05, 0) is 55.5 Å². The van der Waals surface area contributed by atoms with E-state index in [-0.39, 0.29) is 11.9 Å². The van der Waals surface area contributed by atoms with E-state index in [1.807, 2.05) is 0 Å². The minimum atomic E-state index is -1.07. The smallest absolute Gasteiger partial charge is 0.338 e. The second kappa shape index (κ2) is 8.87. The molecule has 3 aromatic rings. The van der Waals surface area contributed by atoms with Crippen LogP contribution in [0.1, 0.15) is 17.3 Å². The highest BCUT2D eigenvalue weighted by atomic mass is 16.5. The van der Waals surface area contributed by atoms with Gasteiger partial charge < -0.3 is 18.6 Å². The molecule has 1 aromatic heterocycles. The fourth-order valence-electron chi connectivity index (χ4n) is 2.34. The first-order chi connectivity index (χ1) is 14.0. The molecule has 0 aliphatic heterocycles. The van der Waals surface area contributed by atoms with Crippen molar-refractivity contribution >= 4 is 17.9 Å². The number of hydrogen-bond acceptors (Lipinski definition) is 8. The number of benzene rings is 2. The van der Waals surface area contributed by atoms with E-state index in [0.717, 1.165) is 0 Å². The summed E-state index contributed by atoms with van der Waals surface area (Å²) in [5, 5.41) is 10.1. The van der Waals surface area contributed by atoms with Crippen LogP contribution < -0.4 is 14.8 Å². The number of ether oxygens (including phenoxy) is 3. The number of hydrogen-bond donors (Lipinski definition) is 1. The zero-order valence-corrected chi connectivity index (χ0v) is 16.0. The summed E-state index contributed by atoms with van der Waals surface area (Å²) in [5.41, 5.74) is 0.961. The lowest BCUT2D eigenvalue weighted by atomic mass is 10.2. The molecule has 1 atom stereocenters. The molecule has 0 bridgehead atoms. The van der Waals surface area contributed by atoms with Crippen molar-refractivity contribution in [1.29, 1.82) is 0 Å². The van der Waals surface area contributed by atoms with Crippen LogP contribution in [-0.2, 0) is 9.53 Å².